The monoisotopic (exact) mass is 748 g/mol. The number of carboxylic acid groups (broad SMARTS) is 4. The Kier molecular flexibility index (Phi) is 20.1. The molecule has 0 spiro atoms. The van der Waals surface area contributed by atoms with Crippen molar-refractivity contribution < 1.29 is 39.6 Å². The quantitative estimate of drug-likeness (QED) is 0.219. The van der Waals surface area contributed by atoms with Gasteiger partial charge < -0.3 is 39.6 Å². The third-order valence-electron chi connectivity index (χ3n) is 4.77. The van der Waals surface area contributed by atoms with Gasteiger partial charge in [0.05, 0.1) is 0 Å². The maximum absolute atomic E-state index is 10.1. The van der Waals surface area contributed by atoms with Gasteiger partial charge in [-0.15, -0.1) is 0 Å². The molecule has 0 unspecified atom stereocenters. The molecule has 8 nitrogen and oxygen atoms in total. The summed E-state index contributed by atoms with van der Waals surface area (Å²) < 4.78 is 0. The predicted octanol–water partition coefficient (Wildman–Crippen LogP) is -0.465. The van der Waals surface area contributed by atoms with Crippen molar-refractivity contribution in [3.05, 3.63) is 144 Å². The molecule has 208 valence electrons. The van der Waals surface area contributed by atoms with Gasteiger partial charge in [-0.1, -0.05) is 121 Å². The third kappa shape index (κ3) is 21.2. The van der Waals surface area contributed by atoms with Gasteiger partial charge in [-0.3, -0.25) is 0 Å². The minimum absolute atomic E-state index is 0. The van der Waals surface area contributed by atoms with Crippen molar-refractivity contribution in [3.63, 3.8) is 0 Å². The van der Waals surface area contributed by atoms with Crippen LogP contribution in [0.2, 0.25) is 0 Å². The first-order valence-electron chi connectivity index (χ1n) is 12.1. The number of carboxylic acids is 4. The topological polar surface area (TPSA) is 161 Å². The molecule has 4 rings (SSSR count). The van der Waals surface area contributed by atoms with Crippen molar-refractivity contribution in [3.8, 4) is 0 Å². The summed E-state index contributed by atoms with van der Waals surface area (Å²) in [5.74, 6) is -4.14. The zero-order chi connectivity index (χ0) is 29.6. The van der Waals surface area contributed by atoms with Crippen LogP contribution in [-0.2, 0) is 44.9 Å². The van der Waals surface area contributed by atoms with Crippen LogP contribution in [0, 0.1) is 0 Å². The summed E-state index contributed by atoms with van der Waals surface area (Å²) in [6.07, 6.45) is 0.00333. The average Bonchev–Trinajstić information content (AvgIpc) is 2.91. The summed E-state index contributed by atoms with van der Waals surface area (Å²) in [7, 11) is 0. The molecule has 0 saturated heterocycles. The Morgan fingerprint density at radius 3 is 0.610 bits per heavy atom. The molecule has 9 heteroatoms. The van der Waals surface area contributed by atoms with Crippen LogP contribution < -0.4 is 20.4 Å². The van der Waals surface area contributed by atoms with Gasteiger partial charge in [0, 0.05) is 49.6 Å². The number of carbonyl (C=O) groups is 4. The molecule has 0 saturated carbocycles. The Labute approximate surface area is 259 Å². The van der Waals surface area contributed by atoms with Crippen molar-refractivity contribution in [2.45, 2.75) is 25.7 Å². The van der Waals surface area contributed by atoms with Crippen LogP contribution in [-0.4, -0.2) is 51.2 Å². The molecule has 0 aromatic heterocycles. The molecule has 0 bridgehead atoms. The summed E-state index contributed by atoms with van der Waals surface area (Å²) in [6, 6.07) is 35.9. The fourth-order valence-corrected chi connectivity index (χ4v) is 3.05. The summed E-state index contributed by atoms with van der Waals surface area (Å²) in [5.41, 5.74) is 3.12. The first-order valence-corrected chi connectivity index (χ1v) is 12.1. The second kappa shape index (κ2) is 22.5. The van der Waals surface area contributed by atoms with E-state index < -0.39 is 23.9 Å². The number of benzene rings is 4. The second-order valence-electron chi connectivity index (χ2n) is 8.14. The van der Waals surface area contributed by atoms with E-state index in [-0.39, 0.29) is 53.0 Å². The van der Waals surface area contributed by atoms with Crippen molar-refractivity contribution >= 4 is 51.2 Å². The maximum atomic E-state index is 10.1. The smallest absolute Gasteiger partial charge is 0.550 e. The molecule has 0 radical (unpaired) electrons. The molecule has 0 amide bonds. The Morgan fingerprint density at radius 1 is 0.341 bits per heavy atom. The average molecular weight is 748 g/mol. The van der Waals surface area contributed by atoms with Crippen molar-refractivity contribution in [2.75, 3.05) is 0 Å². The first kappa shape index (κ1) is 36.7. The minimum atomic E-state index is -1.04. The van der Waals surface area contributed by atoms with Crippen molar-refractivity contribution in [1.29, 1.82) is 0 Å². The van der Waals surface area contributed by atoms with E-state index >= 15 is 0 Å². The van der Waals surface area contributed by atoms with E-state index in [1.54, 1.807) is 97.1 Å². The Hall–Kier alpha value is -4.32. The van der Waals surface area contributed by atoms with E-state index in [2.05, 4.69) is 0 Å². The first-order chi connectivity index (χ1) is 19.2. The van der Waals surface area contributed by atoms with Crippen LogP contribution in [0.1, 0.15) is 22.3 Å². The van der Waals surface area contributed by atoms with Crippen LogP contribution in [0.15, 0.2) is 121 Å². The van der Waals surface area contributed by atoms with E-state index in [0.29, 0.717) is 0 Å². The summed E-state index contributed by atoms with van der Waals surface area (Å²) in [5, 5.41) is 40.2. The standard InChI is InChI=1S/4C8H8O2.Pb/c4*9-8(10)6-7-4-2-1-3-5-7;/h4*1-5H,6H2,(H,9,10);/q;;;;+4/p-4. The van der Waals surface area contributed by atoms with Gasteiger partial charge >= 0.3 is 27.3 Å². The third-order valence-corrected chi connectivity index (χ3v) is 4.77. The number of rotatable bonds is 8. The second-order valence-corrected chi connectivity index (χ2v) is 8.14. The molecule has 4 aromatic rings. The number of hydrogen-bond acceptors (Lipinski definition) is 8. The Bertz CT molecular complexity index is 1080. The number of carbonyl (C=O) groups excluding carboxylic acids is 4. The van der Waals surface area contributed by atoms with E-state index in [1.807, 2.05) is 24.3 Å². The zero-order valence-electron chi connectivity index (χ0n) is 22.1. The molecule has 0 aliphatic rings. The van der Waals surface area contributed by atoms with E-state index in [4.69, 9.17) is 0 Å². The molecule has 0 N–H and O–H groups in total. The largest absolute Gasteiger partial charge is 4.00 e. The summed E-state index contributed by atoms with van der Waals surface area (Å²) in [6.45, 7) is 0. The fraction of sp³-hybridized carbons (Fsp3) is 0.125. The molecule has 0 atom stereocenters. The minimum Gasteiger partial charge on any atom is -0.550 e. The molecule has 0 aliphatic carbocycles. The zero-order valence-corrected chi connectivity index (χ0v) is 26.0. The van der Waals surface area contributed by atoms with Gasteiger partial charge in [0.25, 0.3) is 0 Å². The van der Waals surface area contributed by atoms with Crippen molar-refractivity contribution in [1.82, 2.24) is 0 Å². The number of hydrogen-bond donors (Lipinski definition) is 0. The van der Waals surface area contributed by atoms with Crippen LogP contribution >= 0.6 is 0 Å². The SMILES string of the molecule is O=C([O-])Cc1ccccc1.O=C([O-])Cc1ccccc1.O=C([O-])Cc1ccccc1.O=C([O-])Cc1ccccc1.[Pb+4]. The molecular weight excluding hydrogens is 720 g/mol. The molecule has 0 heterocycles. The van der Waals surface area contributed by atoms with Gasteiger partial charge in [-0.05, 0) is 22.3 Å². The summed E-state index contributed by atoms with van der Waals surface area (Å²) in [4.78, 5) is 40.2. The normalized spacial score (nSPS) is 8.98. The maximum Gasteiger partial charge on any atom is 4.00 e. The molecule has 0 aliphatic heterocycles. The molecule has 41 heavy (non-hydrogen) atoms. The molecular formula is C32H28O8Pb. The fourth-order valence-electron chi connectivity index (χ4n) is 3.05. The van der Waals surface area contributed by atoms with Crippen LogP contribution in [0.3, 0.4) is 0 Å². The van der Waals surface area contributed by atoms with Gasteiger partial charge in [0.2, 0.25) is 0 Å². The van der Waals surface area contributed by atoms with Gasteiger partial charge in [0.1, 0.15) is 0 Å². The Balaban J connectivity index is 0.000000516. The van der Waals surface area contributed by atoms with Crippen LogP contribution in [0.25, 0.3) is 0 Å². The summed E-state index contributed by atoms with van der Waals surface area (Å²) >= 11 is 0. The van der Waals surface area contributed by atoms with Gasteiger partial charge in [0.15, 0.2) is 0 Å². The van der Waals surface area contributed by atoms with Gasteiger partial charge in [-0.25, -0.2) is 0 Å². The van der Waals surface area contributed by atoms with Crippen LogP contribution in [0.5, 0.6) is 0 Å². The molecule has 0 fully saturated rings. The van der Waals surface area contributed by atoms with Gasteiger partial charge in [-0.2, -0.15) is 0 Å². The Morgan fingerprint density at radius 2 is 0.488 bits per heavy atom. The van der Waals surface area contributed by atoms with Crippen molar-refractivity contribution in [2.24, 2.45) is 0 Å². The van der Waals surface area contributed by atoms with E-state index in [9.17, 15) is 39.6 Å². The predicted molar refractivity (Wildman–Crippen MR) is 146 cm³/mol. The van der Waals surface area contributed by atoms with E-state index in [1.165, 1.54) is 0 Å². The van der Waals surface area contributed by atoms with E-state index in [0.717, 1.165) is 22.3 Å². The molecule has 4 aromatic carbocycles. The number of aliphatic carboxylic acids is 4. The van der Waals surface area contributed by atoms with Crippen LogP contribution in [0.4, 0.5) is 0 Å².